The normalized spacial score (nSPS) is 14.4. The summed E-state index contributed by atoms with van der Waals surface area (Å²) in [5.74, 6) is 0.0302. The first-order valence-electron chi connectivity index (χ1n) is 6.77. The van der Waals surface area contributed by atoms with Crippen molar-refractivity contribution in [3.05, 3.63) is 47.6 Å². The molecule has 1 aromatic heterocycles. The van der Waals surface area contributed by atoms with Crippen LogP contribution in [0.4, 0.5) is 5.69 Å². The second-order valence-electron chi connectivity index (χ2n) is 5.07. The Labute approximate surface area is 122 Å². The molecule has 0 saturated carbocycles. The minimum absolute atomic E-state index is 0.740. The molecule has 0 unspecified atom stereocenters. The standard InChI is InChI=1S/C15H16N4O2/c1-11-8-13(4-2-12(11)3-5-15(20)21)18-6-7-19-10-16-17-14(19)9-18/h2-5,8,10H,6-7,9H2,1H3,(H,20,21). The molecule has 108 valence electrons. The predicted molar refractivity (Wildman–Crippen MR) is 78.9 cm³/mol. The van der Waals surface area contributed by atoms with E-state index in [1.54, 1.807) is 12.4 Å². The number of anilines is 1. The molecular formula is C15H16N4O2. The van der Waals surface area contributed by atoms with Crippen molar-refractivity contribution in [2.24, 2.45) is 0 Å². The Morgan fingerprint density at radius 3 is 3.00 bits per heavy atom. The number of carboxylic acid groups (broad SMARTS) is 1. The molecule has 0 aliphatic carbocycles. The minimum Gasteiger partial charge on any atom is -0.478 e. The van der Waals surface area contributed by atoms with Gasteiger partial charge in [-0.3, -0.25) is 0 Å². The number of hydrogen-bond donors (Lipinski definition) is 1. The summed E-state index contributed by atoms with van der Waals surface area (Å²) in [4.78, 5) is 12.8. The van der Waals surface area contributed by atoms with Crippen LogP contribution >= 0.6 is 0 Å². The smallest absolute Gasteiger partial charge is 0.328 e. The molecule has 1 N–H and O–H groups in total. The topological polar surface area (TPSA) is 71.2 Å². The number of nitrogens with zero attached hydrogens (tertiary/aromatic N) is 4. The van der Waals surface area contributed by atoms with Gasteiger partial charge in [-0.25, -0.2) is 4.79 Å². The van der Waals surface area contributed by atoms with Crippen LogP contribution in [0.3, 0.4) is 0 Å². The Morgan fingerprint density at radius 2 is 2.24 bits per heavy atom. The van der Waals surface area contributed by atoms with Gasteiger partial charge in [-0.05, 0) is 36.3 Å². The van der Waals surface area contributed by atoms with Gasteiger partial charge in [-0.1, -0.05) is 6.07 Å². The largest absolute Gasteiger partial charge is 0.478 e. The third-order valence-electron chi connectivity index (χ3n) is 3.66. The predicted octanol–water partition coefficient (Wildman–Crippen LogP) is 1.70. The van der Waals surface area contributed by atoms with Crippen molar-refractivity contribution in [1.29, 1.82) is 0 Å². The molecule has 1 aliphatic heterocycles. The average molecular weight is 284 g/mol. The van der Waals surface area contributed by atoms with Crippen LogP contribution in [0.1, 0.15) is 17.0 Å². The van der Waals surface area contributed by atoms with E-state index in [9.17, 15) is 4.79 Å². The lowest BCUT2D eigenvalue weighted by molar-refractivity contribution is -0.131. The van der Waals surface area contributed by atoms with Crippen molar-refractivity contribution in [3.8, 4) is 0 Å². The first-order chi connectivity index (χ1) is 10.1. The van der Waals surface area contributed by atoms with Crippen molar-refractivity contribution in [2.75, 3.05) is 11.4 Å². The lowest BCUT2D eigenvalue weighted by atomic mass is 10.1. The van der Waals surface area contributed by atoms with Crippen LogP contribution in [0.5, 0.6) is 0 Å². The van der Waals surface area contributed by atoms with Gasteiger partial charge in [-0.15, -0.1) is 10.2 Å². The monoisotopic (exact) mass is 284 g/mol. The molecule has 1 aromatic carbocycles. The SMILES string of the molecule is Cc1cc(N2CCn3cnnc3C2)ccc1C=CC(=O)O. The highest BCUT2D eigenvalue weighted by Crippen LogP contribution is 2.23. The van der Waals surface area contributed by atoms with Crippen LogP contribution in [-0.4, -0.2) is 32.4 Å². The third-order valence-corrected chi connectivity index (χ3v) is 3.66. The summed E-state index contributed by atoms with van der Waals surface area (Å²) >= 11 is 0. The van der Waals surface area contributed by atoms with E-state index in [1.165, 1.54) is 0 Å². The van der Waals surface area contributed by atoms with Crippen LogP contribution < -0.4 is 4.90 Å². The van der Waals surface area contributed by atoms with E-state index in [-0.39, 0.29) is 0 Å². The van der Waals surface area contributed by atoms with E-state index < -0.39 is 5.97 Å². The molecule has 0 atom stereocenters. The zero-order chi connectivity index (χ0) is 14.8. The van der Waals surface area contributed by atoms with Crippen molar-refractivity contribution in [2.45, 2.75) is 20.0 Å². The third kappa shape index (κ3) is 2.79. The summed E-state index contributed by atoms with van der Waals surface area (Å²) in [6.45, 7) is 4.51. The van der Waals surface area contributed by atoms with Crippen LogP contribution in [-0.2, 0) is 17.9 Å². The minimum atomic E-state index is -0.936. The van der Waals surface area contributed by atoms with Crippen molar-refractivity contribution < 1.29 is 9.90 Å². The Bertz CT molecular complexity index is 705. The molecule has 0 fully saturated rings. The number of aliphatic carboxylic acids is 1. The first-order valence-corrected chi connectivity index (χ1v) is 6.77. The average Bonchev–Trinajstić information content (AvgIpc) is 2.93. The molecule has 6 nitrogen and oxygen atoms in total. The fourth-order valence-corrected chi connectivity index (χ4v) is 2.49. The van der Waals surface area contributed by atoms with E-state index in [4.69, 9.17) is 5.11 Å². The highest BCUT2D eigenvalue weighted by Gasteiger charge is 2.17. The van der Waals surface area contributed by atoms with E-state index in [0.29, 0.717) is 0 Å². The lowest BCUT2D eigenvalue weighted by Gasteiger charge is -2.29. The van der Waals surface area contributed by atoms with E-state index >= 15 is 0 Å². The van der Waals surface area contributed by atoms with Gasteiger partial charge in [0.1, 0.15) is 6.33 Å². The molecule has 0 amide bonds. The molecule has 21 heavy (non-hydrogen) atoms. The van der Waals surface area contributed by atoms with Crippen LogP contribution in [0, 0.1) is 6.92 Å². The summed E-state index contributed by atoms with van der Waals surface area (Å²) in [5.41, 5.74) is 3.09. The Kier molecular flexibility index (Phi) is 3.43. The zero-order valence-electron chi connectivity index (χ0n) is 11.7. The van der Waals surface area contributed by atoms with Crippen molar-refractivity contribution in [1.82, 2.24) is 14.8 Å². The Morgan fingerprint density at radius 1 is 1.38 bits per heavy atom. The van der Waals surface area contributed by atoms with Gasteiger partial charge in [0.15, 0.2) is 5.82 Å². The molecule has 3 rings (SSSR count). The fraction of sp³-hybridized carbons (Fsp3) is 0.267. The van der Waals surface area contributed by atoms with Gasteiger partial charge >= 0.3 is 5.97 Å². The molecule has 0 bridgehead atoms. The Hall–Kier alpha value is -2.63. The van der Waals surface area contributed by atoms with E-state index in [1.807, 2.05) is 19.1 Å². The van der Waals surface area contributed by atoms with Crippen molar-refractivity contribution >= 4 is 17.7 Å². The molecule has 0 radical (unpaired) electrons. The van der Waals surface area contributed by atoms with Crippen LogP contribution in [0.25, 0.3) is 6.08 Å². The summed E-state index contributed by atoms with van der Waals surface area (Å²) in [7, 11) is 0. The molecule has 0 spiro atoms. The highest BCUT2D eigenvalue weighted by atomic mass is 16.4. The zero-order valence-corrected chi connectivity index (χ0v) is 11.7. The van der Waals surface area contributed by atoms with Gasteiger partial charge in [0, 0.05) is 24.9 Å². The van der Waals surface area contributed by atoms with Gasteiger partial charge < -0.3 is 14.6 Å². The maximum Gasteiger partial charge on any atom is 0.328 e. The number of hydrogen-bond acceptors (Lipinski definition) is 4. The van der Waals surface area contributed by atoms with Gasteiger partial charge in [0.25, 0.3) is 0 Å². The fourth-order valence-electron chi connectivity index (χ4n) is 2.49. The maximum absolute atomic E-state index is 10.6. The second kappa shape index (κ2) is 5.40. The number of carboxylic acids is 1. The van der Waals surface area contributed by atoms with Gasteiger partial charge in [0.2, 0.25) is 0 Å². The summed E-state index contributed by atoms with van der Waals surface area (Å²) < 4.78 is 2.06. The highest BCUT2D eigenvalue weighted by molar-refractivity contribution is 5.85. The maximum atomic E-state index is 10.6. The number of rotatable bonds is 3. The molecule has 2 aromatic rings. The second-order valence-corrected chi connectivity index (χ2v) is 5.07. The van der Waals surface area contributed by atoms with Gasteiger partial charge in [0.05, 0.1) is 6.54 Å². The summed E-state index contributed by atoms with van der Waals surface area (Å²) in [5, 5.41) is 16.7. The first kappa shape index (κ1) is 13.4. The summed E-state index contributed by atoms with van der Waals surface area (Å²) in [6.07, 6.45) is 4.54. The van der Waals surface area contributed by atoms with Crippen LogP contribution in [0.15, 0.2) is 30.6 Å². The quantitative estimate of drug-likeness (QED) is 0.869. The number of aryl methyl sites for hydroxylation is 1. The lowest BCUT2D eigenvalue weighted by Crippen LogP contribution is -2.33. The molecule has 6 heteroatoms. The number of carbonyl (C=O) groups is 1. The summed E-state index contributed by atoms with van der Waals surface area (Å²) in [6, 6.07) is 6.04. The van der Waals surface area contributed by atoms with Crippen LogP contribution in [0.2, 0.25) is 0 Å². The molecule has 0 saturated heterocycles. The molecule has 2 heterocycles. The number of aromatic nitrogens is 3. The van der Waals surface area contributed by atoms with E-state index in [2.05, 4.69) is 25.7 Å². The Balaban J connectivity index is 1.81. The van der Waals surface area contributed by atoms with Gasteiger partial charge in [-0.2, -0.15) is 0 Å². The molecule has 1 aliphatic rings. The van der Waals surface area contributed by atoms with Crippen molar-refractivity contribution in [3.63, 3.8) is 0 Å². The molecular weight excluding hydrogens is 268 g/mol. The number of benzene rings is 1. The van der Waals surface area contributed by atoms with E-state index in [0.717, 1.165) is 48.3 Å². The number of fused-ring (bicyclic) bond motifs is 1.